The third-order valence-corrected chi connectivity index (χ3v) is 4.58. The topological polar surface area (TPSA) is 38.3 Å². The number of carbonyl (C=O) groups excluding carboxylic acids is 1. The van der Waals surface area contributed by atoms with Gasteiger partial charge in [-0.1, -0.05) is 40.2 Å². The van der Waals surface area contributed by atoms with E-state index in [0.29, 0.717) is 6.42 Å². The van der Waals surface area contributed by atoms with Gasteiger partial charge in [0.2, 0.25) is 5.91 Å². The van der Waals surface area contributed by atoms with Crippen LogP contribution in [0.5, 0.6) is 5.75 Å². The molecular weight excluding hydrogens is 342 g/mol. The zero-order valence-corrected chi connectivity index (χ0v) is 14.0. The zero-order valence-electron chi connectivity index (χ0n) is 12.4. The Bertz CT molecular complexity index is 660. The Balaban J connectivity index is 1.66. The Morgan fingerprint density at radius 3 is 2.32 bits per heavy atom. The van der Waals surface area contributed by atoms with Crippen LogP contribution in [0.3, 0.4) is 0 Å². The first-order valence-corrected chi connectivity index (χ1v) is 8.11. The van der Waals surface area contributed by atoms with E-state index in [-0.39, 0.29) is 11.4 Å². The number of halogens is 1. The van der Waals surface area contributed by atoms with Gasteiger partial charge in [-0.15, -0.1) is 0 Å². The molecule has 1 amide bonds. The highest BCUT2D eigenvalue weighted by Gasteiger charge is 2.45. The molecule has 4 heteroatoms. The van der Waals surface area contributed by atoms with Crippen LogP contribution in [0.4, 0.5) is 0 Å². The molecule has 0 spiro atoms. The lowest BCUT2D eigenvalue weighted by molar-refractivity contribution is -0.121. The molecule has 1 saturated carbocycles. The number of hydrogen-bond donors (Lipinski definition) is 1. The molecule has 1 N–H and O–H groups in total. The smallest absolute Gasteiger partial charge is 0.225 e. The summed E-state index contributed by atoms with van der Waals surface area (Å²) in [6.07, 6.45) is 2.39. The van der Waals surface area contributed by atoms with E-state index in [4.69, 9.17) is 4.74 Å². The van der Waals surface area contributed by atoms with Crippen molar-refractivity contribution < 1.29 is 9.53 Å². The number of benzene rings is 2. The van der Waals surface area contributed by atoms with Crippen LogP contribution in [-0.2, 0) is 16.8 Å². The van der Waals surface area contributed by atoms with Crippen LogP contribution < -0.4 is 10.1 Å². The van der Waals surface area contributed by atoms with Crippen molar-refractivity contribution in [2.75, 3.05) is 7.11 Å². The first kappa shape index (κ1) is 15.1. The third kappa shape index (κ3) is 3.33. The van der Waals surface area contributed by atoms with Gasteiger partial charge in [0.15, 0.2) is 0 Å². The molecule has 1 aliphatic rings. The summed E-state index contributed by atoms with van der Waals surface area (Å²) in [5.74, 6) is 0.899. The molecule has 1 fully saturated rings. The van der Waals surface area contributed by atoms with Crippen LogP contribution in [0.25, 0.3) is 0 Å². The highest BCUT2D eigenvalue weighted by molar-refractivity contribution is 9.10. The zero-order chi connectivity index (χ0) is 15.6. The first-order chi connectivity index (χ1) is 10.6. The number of ether oxygens (including phenoxy) is 1. The Morgan fingerprint density at radius 1 is 1.14 bits per heavy atom. The van der Waals surface area contributed by atoms with E-state index in [1.54, 1.807) is 7.11 Å². The molecule has 0 bridgehead atoms. The number of amides is 1. The molecule has 114 valence electrons. The van der Waals surface area contributed by atoms with E-state index in [0.717, 1.165) is 34.2 Å². The monoisotopic (exact) mass is 359 g/mol. The molecular formula is C18H18BrNO2. The maximum atomic E-state index is 12.3. The van der Waals surface area contributed by atoms with Crippen molar-refractivity contribution in [1.29, 1.82) is 0 Å². The second-order valence-electron chi connectivity index (χ2n) is 5.66. The van der Waals surface area contributed by atoms with Gasteiger partial charge in [0.25, 0.3) is 0 Å². The lowest BCUT2D eigenvalue weighted by Gasteiger charge is -2.18. The minimum Gasteiger partial charge on any atom is -0.497 e. The quantitative estimate of drug-likeness (QED) is 0.881. The van der Waals surface area contributed by atoms with Crippen LogP contribution >= 0.6 is 15.9 Å². The van der Waals surface area contributed by atoms with Crippen molar-refractivity contribution in [2.24, 2.45) is 0 Å². The van der Waals surface area contributed by atoms with Crippen molar-refractivity contribution in [1.82, 2.24) is 5.32 Å². The second kappa shape index (κ2) is 6.13. The normalized spacial score (nSPS) is 15.2. The van der Waals surface area contributed by atoms with Gasteiger partial charge in [-0.3, -0.25) is 4.79 Å². The summed E-state index contributed by atoms with van der Waals surface area (Å²) in [5.41, 5.74) is 1.99. The SMILES string of the molecule is COc1ccc(C2(NC(=O)Cc3ccc(Br)cc3)CC2)cc1. The molecule has 0 saturated heterocycles. The number of methoxy groups -OCH3 is 1. The second-order valence-corrected chi connectivity index (χ2v) is 6.58. The van der Waals surface area contributed by atoms with Crippen LogP contribution in [-0.4, -0.2) is 13.0 Å². The fourth-order valence-corrected chi connectivity index (χ4v) is 2.88. The van der Waals surface area contributed by atoms with E-state index >= 15 is 0 Å². The van der Waals surface area contributed by atoms with E-state index in [1.807, 2.05) is 48.5 Å². The average Bonchev–Trinajstić information content (AvgIpc) is 3.30. The highest BCUT2D eigenvalue weighted by Crippen LogP contribution is 2.45. The summed E-state index contributed by atoms with van der Waals surface area (Å²) in [4.78, 5) is 12.3. The molecule has 3 rings (SSSR count). The van der Waals surface area contributed by atoms with Crippen molar-refractivity contribution >= 4 is 21.8 Å². The van der Waals surface area contributed by atoms with Gasteiger partial charge in [-0.05, 0) is 48.2 Å². The van der Waals surface area contributed by atoms with Gasteiger partial charge in [0.05, 0.1) is 19.1 Å². The maximum Gasteiger partial charge on any atom is 0.225 e. The van der Waals surface area contributed by atoms with Gasteiger partial charge >= 0.3 is 0 Å². The van der Waals surface area contributed by atoms with Crippen molar-refractivity contribution in [3.8, 4) is 5.75 Å². The molecule has 0 aromatic heterocycles. The lowest BCUT2D eigenvalue weighted by atomic mass is 10.0. The first-order valence-electron chi connectivity index (χ1n) is 7.31. The third-order valence-electron chi connectivity index (χ3n) is 4.05. The Labute approximate surface area is 138 Å². The minimum atomic E-state index is -0.182. The molecule has 0 radical (unpaired) electrons. The van der Waals surface area contributed by atoms with E-state index in [2.05, 4.69) is 21.2 Å². The van der Waals surface area contributed by atoms with Crippen LogP contribution in [0.2, 0.25) is 0 Å². The molecule has 0 aliphatic heterocycles. The predicted octanol–water partition coefficient (Wildman–Crippen LogP) is 3.81. The van der Waals surface area contributed by atoms with Crippen LogP contribution in [0, 0.1) is 0 Å². The van der Waals surface area contributed by atoms with Gasteiger partial charge in [0.1, 0.15) is 5.75 Å². The Morgan fingerprint density at radius 2 is 1.77 bits per heavy atom. The van der Waals surface area contributed by atoms with E-state index in [1.165, 1.54) is 0 Å². The van der Waals surface area contributed by atoms with Crippen molar-refractivity contribution in [3.05, 3.63) is 64.1 Å². The fourth-order valence-electron chi connectivity index (χ4n) is 2.62. The van der Waals surface area contributed by atoms with Crippen molar-refractivity contribution in [2.45, 2.75) is 24.8 Å². The Kier molecular flexibility index (Phi) is 4.21. The molecule has 3 nitrogen and oxygen atoms in total. The van der Waals surface area contributed by atoms with Gasteiger partial charge in [0, 0.05) is 4.47 Å². The molecule has 2 aromatic carbocycles. The largest absolute Gasteiger partial charge is 0.497 e. The average molecular weight is 360 g/mol. The number of nitrogens with one attached hydrogen (secondary N) is 1. The number of rotatable bonds is 5. The summed E-state index contributed by atoms with van der Waals surface area (Å²) >= 11 is 3.40. The molecule has 2 aromatic rings. The molecule has 0 atom stereocenters. The molecule has 0 unspecified atom stereocenters. The van der Waals surface area contributed by atoms with Crippen LogP contribution in [0.15, 0.2) is 53.0 Å². The van der Waals surface area contributed by atoms with Crippen molar-refractivity contribution in [3.63, 3.8) is 0 Å². The summed E-state index contributed by atoms with van der Waals surface area (Å²) in [5, 5.41) is 3.19. The molecule has 0 heterocycles. The minimum absolute atomic E-state index is 0.0654. The molecule has 1 aliphatic carbocycles. The summed E-state index contributed by atoms with van der Waals surface area (Å²) in [6, 6.07) is 15.8. The maximum absolute atomic E-state index is 12.3. The van der Waals surface area contributed by atoms with E-state index < -0.39 is 0 Å². The summed E-state index contributed by atoms with van der Waals surface area (Å²) in [6.45, 7) is 0. The number of carbonyl (C=O) groups is 1. The fraction of sp³-hybridized carbons (Fsp3) is 0.278. The highest BCUT2D eigenvalue weighted by atomic mass is 79.9. The van der Waals surface area contributed by atoms with Gasteiger partial charge in [-0.2, -0.15) is 0 Å². The standard InChI is InChI=1S/C18H18BrNO2/c1-22-16-8-4-14(5-9-16)18(10-11-18)20-17(21)12-13-2-6-15(19)7-3-13/h2-9H,10-12H2,1H3,(H,20,21). The van der Waals surface area contributed by atoms with Gasteiger partial charge < -0.3 is 10.1 Å². The Hall–Kier alpha value is -1.81. The summed E-state index contributed by atoms with van der Waals surface area (Å²) in [7, 11) is 1.65. The van der Waals surface area contributed by atoms with Crippen LogP contribution in [0.1, 0.15) is 24.0 Å². The predicted molar refractivity (Wildman–Crippen MR) is 89.9 cm³/mol. The molecule has 22 heavy (non-hydrogen) atoms. The lowest BCUT2D eigenvalue weighted by Crippen LogP contribution is -2.35. The summed E-state index contributed by atoms with van der Waals surface area (Å²) < 4.78 is 6.20. The van der Waals surface area contributed by atoms with E-state index in [9.17, 15) is 4.79 Å². The van der Waals surface area contributed by atoms with Gasteiger partial charge in [-0.25, -0.2) is 0 Å². The number of hydrogen-bond acceptors (Lipinski definition) is 2.